The van der Waals surface area contributed by atoms with Crippen molar-refractivity contribution in [3.63, 3.8) is 0 Å². The first-order chi connectivity index (χ1) is 12.7. The average Bonchev–Trinajstić information content (AvgIpc) is 2.68. The highest BCUT2D eigenvalue weighted by molar-refractivity contribution is 5.56. The minimum Gasteiger partial charge on any atom is -0.489 e. The number of aromatic nitrogens is 2. The Bertz CT molecular complexity index is 1120. The third kappa shape index (κ3) is 3.28. The van der Waals surface area contributed by atoms with Crippen LogP contribution in [0.2, 0.25) is 0 Å². The van der Waals surface area contributed by atoms with Crippen molar-refractivity contribution in [3.8, 4) is 17.1 Å². The number of ether oxygens (including phenoxy) is 1. The van der Waals surface area contributed by atoms with Gasteiger partial charge in [-0.25, -0.2) is 9.37 Å². The van der Waals surface area contributed by atoms with Crippen LogP contribution in [0.5, 0.6) is 5.75 Å². The van der Waals surface area contributed by atoms with Crippen molar-refractivity contribution >= 4 is 12.2 Å². The first kappa shape index (κ1) is 16.3. The van der Waals surface area contributed by atoms with E-state index in [9.17, 15) is 9.18 Å². The molecule has 3 aromatic rings. The van der Waals surface area contributed by atoms with E-state index in [1.54, 1.807) is 30.3 Å². The third-order valence-corrected chi connectivity index (χ3v) is 4.32. The molecule has 4 rings (SSSR count). The zero-order valence-electron chi connectivity index (χ0n) is 14.0. The Labute approximate surface area is 149 Å². The van der Waals surface area contributed by atoms with Crippen LogP contribution in [0.4, 0.5) is 4.39 Å². The smallest absolute Gasteiger partial charge is 0.258 e. The minimum absolute atomic E-state index is 0.124. The molecule has 1 heterocycles. The number of H-pyrrole nitrogens is 1. The Morgan fingerprint density at radius 3 is 2.62 bits per heavy atom. The van der Waals surface area contributed by atoms with E-state index >= 15 is 0 Å². The Kier molecular flexibility index (Phi) is 4.35. The predicted molar refractivity (Wildman–Crippen MR) is 98.4 cm³/mol. The maximum Gasteiger partial charge on any atom is 0.258 e. The van der Waals surface area contributed by atoms with Crippen LogP contribution >= 0.6 is 0 Å². The van der Waals surface area contributed by atoms with Crippen molar-refractivity contribution in [1.29, 1.82) is 0 Å². The Morgan fingerprint density at radius 2 is 1.81 bits per heavy atom. The number of rotatable bonds is 4. The maximum atomic E-state index is 13.6. The molecule has 0 radical (unpaired) electrons. The van der Waals surface area contributed by atoms with Gasteiger partial charge in [0.1, 0.15) is 24.0 Å². The molecule has 0 saturated carbocycles. The summed E-state index contributed by atoms with van der Waals surface area (Å²) in [5, 5.41) is 1.37. The number of aromatic amines is 1. The van der Waals surface area contributed by atoms with Gasteiger partial charge in [0.05, 0.1) is 10.6 Å². The lowest BCUT2D eigenvalue weighted by Gasteiger charge is -2.08. The summed E-state index contributed by atoms with van der Waals surface area (Å²) >= 11 is 0. The van der Waals surface area contributed by atoms with Gasteiger partial charge in [-0.2, -0.15) is 0 Å². The molecular formula is C21H17FN2O2. The molecule has 4 nitrogen and oxygen atoms in total. The van der Waals surface area contributed by atoms with E-state index in [4.69, 9.17) is 4.74 Å². The lowest BCUT2D eigenvalue weighted by atomic mass is 10.1. The second-order valence-corrected chi connectivity index (χ2v) is 6.10. The normalized spacial score (nSPS) is 12.7. The summed E-state index contributed by atoms with van der Waals surface area (Å²) in [6, 6.07) is 13.7. The van der Waals surface area contributed by atoms with Gasteiger partial charge in [-0.05, 0) is 43.2 Å². The van der Waals surface area contributed by atoms with Crippen molar-refractivity contribution in [2.45, 2.75) is 19.4 Å². The van der Waals surface area contributed by atoms with Crippen molar-refractivity contribution in [3.05, 3.63) is 80.8 Å². The lowest BCUT2D eigenvalue weighted by Crippen LogP contribution is -2.44. The molecule has 0 saturated heterocycles. The van der Waals surface area contributed by atoms with Crippen molar-refractivity contribution in [1.82, 2.24) is 9.97 Å². The van der Waals surface area contributed by atoms with Crippen LogP contribution in [-0.2, 0) is 6.61 Å². The Morgan fingerprint density at radius 1 is 1.04 bits per heavy atom. The highest BCUT2D eigenvalue weighted by Gasteiger charge is 2.06. The number of halogens is 1. The van der Waals surface area contributed by atoms with Crippen molar-refractivity contribution in [2.75, 3.05) is 0 Å². The molecule has 1 aliphatic rings. The van der Waals surface area contributed by atoms with Crippen LogP contribution in [-0.4, -0.2) is 9.97 Å². The van der Waals surface area contributed by atoms with Gasteiger partial charge >= 0.3 is 0 Å². The topological polar surface area (TPSA) is 55.0 Å². The largest absolute Gasteiger partial charge is 0.489 e. The summed E-state index contributed by atoms with van der Waals surface area (Å²) in [5.74, 6) is 0.867. The molecule has 0 fully saturated rings. The molecule has 0 spiro atoms. The number of benzene rings is 2. The van der Waals surface area contributed by atoms with Gasteiger partial charge in [-0.3, -0.25) is 4.79 Å². The SMILES string of the molecule is O=c1[nH]c(-c2ccc(OCc3ccccc3F)cc2)nc2c1=CCCC=2. The summed E-state index contributed by atoms with van der Waals surface area (Å²) in [6.07, 6.45) is 5.67. The van der Waals surface area contributed by atoms with Gasteiger partial charge in [0.25, 0.3) is 5.56 Å². The number of nitrogens with zero attached hydrogens (tertiary/aromatic N) is 1. The highest BCUT2D eigenvalue weighted by atomic mass is 19.1. The molecule has 130 valence electrons. The van der Waals surface area contributed by atoms with Crippen LogP contribution in [0.15, 0.2) is 53.3 Å². The van der Waals surface area contributed by atoms with Crippen LogP contribution in [0, 0.1) is 5.82 Å². The van der Waals surface area contributed by atoms with Gasteiger partial charge in [0, 0.05) is 11.1 Å². The summed E-state index contributed by atoms with van der Waals surface area (Å²) in [5.41, 5.74) is 1.17. The maximum absolute atomic E-state index is 13.6. The molecule has 26 heavy (non-hydrogen) atoms. The van der Waals surface area contributed by atoms with Gasteiger partial charge in [0.2, 0.25) is 0 Å². The minimum atomic E-state index is -0.284. The van der Waals surface area contributed by atoms with Crippen LogP contribution in [0.1, 0.15) is 18.4 Å². The summed E-state index contributed by atoms with van der Waals surface area (Å²) in [6.45, 7) is 0.157. The Hall–Kier alpha value is -3.21. The van der Waals surface area contributed by atoms with Gasteiger partial charge in [-0.1, -0.05) is 30.4 Å². The monoisotopic (exact) mass is 348 g/mol. The number of nitrogens with one attached hydrogen (secondary N) is 1. The summed E-state index contributed by atoms with van der Waals surface area (Å²) < 4.78 is 19.3. The molecule has 0 amide bonds. The zero-order valence-corrected chi connectivity index (χ0v) is 14.0. The standard InChI is InChI=1S/C21H17FN2O2/c22-18-7-3-1-5-15(18)13-26-16-11-9-14(10-12-16)20-23-19-8-4-2-6-17(19)21(25)24-20/h1,3,5-12H,2,4,13H2,(H,23,24,25). The average molecular weight is 348 g/mol. The quantitative estimate of drug-likeness (QED) is 0.788. The van der Waals surface area contributed by atoms with Gasteiger partial charge in [-0.15, -0.1) is 0 Å². The van der Waals surface area contributed by atoms with Gasteiger partial charge < -0.3 is 9.72 Å². The van der Waals surface area contributed by atoms with E-state index in [1.807, 2.05) is 24.3 Å². The van der Waals surface area contributed by atoms with E-state index in [2.05, 4.69) is 9.97 Å². The molecule has 5 heteroatoms. The van der Waals surface area contributed by atoms with Crippen LogP contribution < -0.4 is 20.9 Å². The third-order valence-electron chi connectivity index (χ3n) is 4.32. The Balaban J connectivity index is 1.56. The molecule has 2 aromatic carbocycles. The van der Waals surface area contributed by atoms with Crippen LogP contribution in [0.25, 0.3) is 23.5 Å². The second-order valence-electron chi connectivity index (χ2n) is 6.10. The van der Waals surface area contributed by atoms with E-state index in [0.717, 1.165) is 23.8 Å². The fraction of sp³-hybridized carbons (Fsp3) is 0.143. The van der Waals surface area contributed by atoms with E-state index in [1.165, 1.54) is 6.07 Å². The summed E-state index contributed by atoms with van der Waals surface area (Å²) in [4.78, 5) is 19.6. The molecule has 0 aliphatic heterocycles. The van der Waals surface area contributed by atoms with E-state index in [0.29, 0.717) is 22.4 Å². The molecular weight excluding hydrogens is 331 g/mol. The first-order valence-electron chi connectivity index (χ1n) is 8.48. The van der Waals surface area contributed by atoms with Gasteiger partial charge in [0.15, 0.2) is 0 Å². The predicted octanol–water partition coefficient (Wildman–Crippen LogP) is 2.51. The fourth-order valence-corrected chi connectivity index (χ4v) is 2.92. The van der Waals surface area contributed by atoms with E-state index < -0.39 is 0 Å². The molecule has 1 aliphatic carbocycles. The van der Waals surface area contributed by atoms with Crippen LogP contribution in [0.3, 0.4) is 0 Å². The first-order valence-corrected chi connectivity index (χ1v) is 8.48. The molecule has 1 N–H and O–H groups in total. The molecule has 1 aromatic heterocycles. The van der Waals surface area contributed by atoms with Crippen molar-refractivity contribution in [2.24, 2.45) is 0 Å². The highest BCUT2D eigenvalue weighted by Crippen LogP contribution is 2.19. The summed E-state index contributed by atoms with van der Waals surface area (Å²) in [7, 11) is 0. The fourth-order valence-electron chi connectivity index (χ4n) is 2.92. The lowest BCUT2D eigenvalue weighted by molar-refractivity contribution is 0.300. The van der Waals surface area contributed by atoms with E-state index in [-0.39, 0.29) is 18.0 Å². The second kappa shape index (κ2) is 6.96. The molecule has 0 atom stereocenters. The molecule has 0 unspecified atom stereocenters. The van der Waals surface area contributed by atoms with Crippen molar-refractivity contribution < 1.29 is 9.13 Å². The molecule has 0 bridgehead atoms. The zero-order chi connectivity index (χ0) is 17.9. The number of fused-ring (bicyclic) bond motifs is 1. The number of hydrogen-bond donors (Lipinski definition) is 1. The number of hydrogen-bond acceptors (Lipinski definition) is 3.